The largest absolute Gasteiger partial charge is 0.478 e. The Morgan fingerprint density at radius 1 is 1.26 bits per heavy atom. The van der Waals surface area contributed by atoms with E-state index in [4.69, 9.17) is 10.4 Å². The normalized spacial score (nSPS) is 9.42. The van der Waals surface area contributed by atoms with Gasteiger partial charge in [-0.05, 0) is 5.56 Å². The van der Waals surface area contributed by atoms with E-state index in [1.807, 2.05) is 36.4 Å². The Kier molecular flexibility index (Phi) is 8.75. The van der Waals surface area contributed by atoms with Crippen molar-refractivity contribution in [1.29, 1.82) is 5.26 Å². The summed E-state index contributed by atoms with van der Waals surface area (Å²) < 4.78 is 0. The summed E-state index contributed by atoms with van der Waals surface area (Å²) in [6, 6.07) is 11.5. The van der Waals surface area contributed by atoms with Crippen LogP contribution >= 0.6 is 0 Å². The van der Waals surface area contributed by atoms with Crippen molar-refractivity contribution in [2.24, 2.45) is 0 Å². The number of carboxylic acid groups (broad SMARTS) is 1. The molecule has 3 nitrogen and oxygen atoms in total. The Bertz CT molecular complexity index is 519. The van der Waals surface area contributed by atoms with Crippen LogP contribution in [-0.4, -0.2) is 11.1 Å². The molecule has 0 heterocycles. The molecular weight excluding hydrogens is 238 g/mol. The van der Waals surface area contributed by atoms with Crippen LogP contribution in [0.1, 0.15) is 5.56 Å². The van der Waals surface area contributed by atoms with Gasteiger partial charge in [-0.2, -0.15) is 5.26 Å². The number of nitrogens with zero attached hydrogens (tertiary/aromatic N) is 1. The second kappa shape index (κ2) is 10.3. The van der Waals surface area contributed by atoms with Gasteiger partial charge in [0, 0.05) is 11.6 Å². The van der Waals surface area contributed by atoms with Crippen molar-refractivity contribution in [3.8, 4) is 6.07 Å². The fourth-order valence-corrected chi connectivity index (χ4v) is 0.914. The van der Waals surface area contributed by atoms with Crippen LogP contribution in [0.4, 0.5) is 0 Å². The van der Waals surface area contributed by atoms with E-state index < -0.39 is 5.97 Å². The van der Waals surface area contributed by atoms with E-state index in [2.05, 4.69) is 13.2 Å². The zero-order valence-corrected chi connectivity index (χ0v) is 10.5. The highest BCUT2D eigenvalue weighted by Gasteiger charge is 1.82. The molecule has 0 aliphatic heterocycles. The van der Waals surface area contributed by atoms with E-state index in [0.717, 1.165) is 11.6 Å². The fraction of sp³-hybridized carbons (Fsp3) is 0. The summed E-state index contributed by atoms with van der Waals surface area (Å²) >= 11 is 0. The highest BCUT2D eigenvalue weighted by molar-refractivity contribution is 5.80. The smallest absolute Gasteiger partial charge is 0.328 e. The summed E-state index contributed by atoms with van der Waals surface area (Å²) in [5.74, 6) is -0.933. The van der Waals surface area contributed by atoms with E-state index in [0.29, 0.717) is 5.57 Å². The zero-order valence-electron chi connectivity index (χ0n) is 10.5. The number of aliphatic carboxylic acids is 1. The predicted octanol–water partition coefficient (Wildman–Crippen LogP) is 3.59. The minimum atomic E-state index is -0.933. The first kappa shape index (κ1) is 16.1. The van der Waals surface area contributed by atoms with E-state index in [1.54, 1.807) is 12.1 Å². The molecule has 0 spiro atoms. The van der Waals surface area contributed by atoms with Crippen molar-refractivity contribution in [2.45, 2.75) is 0 Å². The lowest BCUT2D eigenvalue weighted by Gasteiger charge is -1.87. The van der Waals surface area contributed by atoms with E-state index in [9.17, 15) is 4.79 Å². The molecule has 0 aliphatic rings. The van der Waals surface area contributed by atoms with Crippen LogP contribution in [0, 0.1) is 11.3 Å². The second-order valence-electron chi connectivity index (χ2n) is 3.31. The summed E-state index contributed by atoms with van der Waals surface area (Å²) in [7, 11) is 0. The molecule has 19 heavy (non-hydrogen) atoms. The van der Waals surface area contributed by atoms with Crippen molar-refractivity contribution < 1.29 is 9.90 Å². The van der Waals surface area contributed by atoms with Gasteiger partial charge in [0.25, 0.3) is 0 Å². The first-order valence-electron chi connectivity index (χ1n) is 5.44. The average molecular weight is 253 g/mol. The lowest BCUT2D eigenvalue weighted by molar-refractivity contribution is -0.131. The quantitative estimate of drug-likeness (QED) is 0.506. The van der Waals surface area contributed by atoms with Gasteiger partial charge in [0.05, 0.1) is 6.07 Å². The van der Waals surface area contributed by atoms with Gasteiger partial charge in [-0.15, -0.1) is 0 Å². The molecule has 1 aromatic rings. The molecule has 0 atom stereocenters. The topological polar surface area (TPSA) is 61.1 Å². The minimum absolute atomic E-state index is 0.412. The number of carboxylic acids is 1. The number of benzene rings is 1. The Morgan fingerprint density at radius 2 is 1.89 bits per heavy atom. The summed E-state index contributed by atoms with van der Waals surface area (Å²) in [5.41, 5.74) is 1.47. The molecule has 1 N–H and O–H groups in total. The molecule has 1 aromatic carbocycles. The average Bonchev–Trinajstić information content (AvgIpc) is 2.44. The lowest BCUT2D eigenvalue weighted by atomic mass is 10.2. The number of carbonyl (C=O) groups is 1. The second-order valence-corrected chi connectivity index (χ2v) is 3.31. The van der Waals surface area contributed by atoms with Gasteiger partial charge in [0.15, 0.2) is 0 Å². The van der Waals surface area contributed by atoms with Crippen LogP contribution in [0.15, 0.2) is 73.4 Å². The maximum absolute atomic E-state index is 10.1. The third kappa shape index (κ3) is 10.0. The Labute approximate surface area is 113 Å². The summed E-state index contributed by atoms with van der Waals surface area (Å²) in [5, 5.41) is 16.2. The molecule has 0 unspecified atom stereocenters. The van der Waals surface area contributed by atoms with Crippen molar-refractivity contribution >= 4 is 12.0 Å². The van der Waals surface area contributed by atoms with E-state index >= 15 is 0 Å². The fourth-order valence-electron chi connectivity index (χ4n) is 0.914. The molecular formula is C16H15NO2. The summed E-state index contributed by atoms with van der Waals surface area (Å²) in [4.78, 5) is 10.1. The van der Waals surface area contributed by atoms with Crippen LogP contribution in [-0.2, 0) is 4.79 Å². The highest BCUT2D eigenvalue weighted by Crippen LogP contribution is 2.00. The SMILES string of the molecule is C=CC(=C)C#N.O=C(O)C=CC=Cc1ccccc1. The highest BCUT2D eigenvalue weighted by atomic mass is 16.4. The van der Waals surface area contributed by atoms with Crippen LogP contribution in [0.2, 0.25) is 0 Å². The van der Waals surface area contributed by atoms with Gasteiger partial charge >= 0.3 is 5.97 Å². The van der Waals surface area contributed by atoms with Crippen molar-refractivity contribution in [3.05, 3.63) is 78.9 Å². The molecule has 1 rings (SSSR count). The van der Waals surface area contributed by atoms with Gasteiger partial charge in [-0.3, -0.25) is 0 Å². The molecule has 0 aromatic heterocycles. The van der Waals surface area contributed by atoms with Crippen LogP contribution in [0.5, 0.6) is 0 Å². The molecule has 0 amide bonds. The van der Waals surface area contributed by atoms with Gasteiger partial charge in [0.2, 0.25) is 0 Å². The van der Waals surface area contributed by atoms with Gasteiger partial charge in [0.1, 0.15) is 0 Å². The van der Waals surface area contributed by atoms with Crippen molar-refractivity contribution in [1.82, 2.24) is 0 Å². The molecule has 3 heteroatoms. The van der Waals surface area contributed by atoms with Gasteiger partial charge in [-0.25, -0.2) is 4.79 Å². The lowest BCUT2D eigenvalue weighted by Crippen LogP contribution is -1.84. The Balaban J connectivity index is 0.000000459. The molecule has 0 bridgehead atoms. The Hall–Kier alpha value is -2.86. The predicted molar refractivity (Wildman–Crippen MR) is 77.2 cm³/mol. The first-order chi connectivity index (χ1) is 9.10. The van der Waals surface area contributed by atoms with Crippen LogP contribution in [0.25, 0.3) is 6.08 Å². The number of rotatable bonds is 4. The zero-order chi connectivity index (χ0) is 14.5. The number of nitriles is 1. The minimum Gasteiger partial charge on any atom is -0.478 e. The first-order valence-corrected chi connectivity index (χ1v) is 5.44. The van der Waals surface area contributed by atoms with E-state index in [-0.39, 0.29) is 0 Å². The maximum Gasteiger partial charge on any atom is 0.328 e. The number of hydrogen-bond acceptors (Lipinski definition) is 2. The Morgan fingerprint density at radius 3 is 2.32 bits per heavy atom. The number of hydrogen-bond donors (Lipinski definition) is 1. The molecule has 0 fully saturated rings. The number of allylic oxidation sites excluding steroid dienone is 4. The van der Waals surface area contributed by atoms with Gasteiger partial charge in [-0.1, -0.05) is 67.8 Å². The third-order valence-electron chi connectivity index (χ3n) is 1.83. The summed E-state index contributed by atoms with van der Waals surface area (Å²) in [6.45, 7) is 6.62. The molecule has 0 aliphatic carbocycles. The monoisotopic (exact) mass is 253 g/mol. The molecule has 96 valence electrons. The maximum atomic E-state index is 10.1. The van der Waals surface area contributed by atoms with Crippen LogP contribution in [0.3, 0.4) is 0 Å². The standard InChI is InChI=1S/C11H10O2.C5H5N/c12-11(13)9-5-4-8-10-6-2-1-3-7-10;1-3-5(2)4-6/h1-9H,(H,12,13);3H,1-2H2. The van der Waals surface area contributed by atoms with Crippen molar-refractivity contribution in [3.63, 3.8) is 0 Å². The van der Waals surface area contributed by atoms with Gasteiger partial charge < -0.3 is 5.11 Å². The molecule has 0 radical (unpaired) electrons. The van der Waals surface area contributed by atoms with E-state index in [1.165, 1.54) is 12.2 Å². The third-order valence-corrected chi connectivity index (χ3v) is 1.83. The summed E-state index contributed by atoms with van der Waals surface area (Å²) in [6.07, 6.45) is 7.55. The molecule has 0 saturated carbocycles. The van der Waals surface area contributed by atoms with Crippen LogP contribution < -0.4 is 0 Å². The molecule has 0 saturated heterocycles. The van der Waals surface area contributed by atoms with Crippen molar-refractivity contribution in [2.75, 3.05) is 0 Å².